The zero-order valence-corrected chi connectivity index (χ0v) is 13.9. The van der Waals surface area contributed by atoms with E-state index in [1.165, 1.54) is 24.8 Å². The number of aryl methyl sites for hydroxylation is 1. The van der Waals surface area contributed by atoms with Gasteiger partial charge in [-0.3, -0.25) is 14.6 Å². The van der Waals surface area contributed by atoms with E-state index in [0.29, 0.717) is 12.2 Å². The maximum atomic E-state index is 11.9. The average Bonchev–Trinajstić information content (AvgIpc) is 2.62. The van der Waals surface area contributed by atoms with Gasteiger partial charge in [0.2, 0.25) is 0 Å². The van der Waals surface area contributed by atoms with Gasteiger partial charge in [-0.2, -0.15) is 0 Å². The number of hydrogen-bond donors (Lipinski definition) is 2. The molecule has 126 valence electrons. The molecule has 0 bridgehead atoms. The fourth-order valence-corrected chi connectivity index (χ4v) is 2.28. The van der Waals surface area contributed by atoms with Crippen LogP contribution in [0.15, 0.2) is 48.8 Å². The average molecular weight is 325 g/mol. The normalized spacial score (nSPS) is 10.2. The van der Waals surface area contributed by atoms with Crippen molar-refractivity contribution in [1.82, 2.24) is 10.3 Å². The molecule has 24 heavy (non-hydrogen) atoms. The topological polar surface area (TPSA) is 71.1 Å². The van der Waals surface area contributed by atoms with Crippen molar-refractivity contribution in [3.63, 3.8) is 0 Å². The summed E-state index contributed by atoms with van der Waals surface area (Å²) in [6.45, 7) is 2.48. The number of pyridine rings is 1. The van der Waals surface area contributed by atoms with Gasteiger partial charge in [0, 0.05) is 24.6 Å². The van der Waals surface area contributed by atoms with E-state index in [9.17, 15) is 9.59 Å². The third kappa shape index (κ3) is 5.83. The minimum atomic E-state index is -0.664. The summed E-state index contributed by atoms with van der Waals surface area (Å²) in [4.78, 5) is 27.6. The molecule has 0 aliphatic heterocycles. The molecule has 0 saturated heterocycles. The number of carbonyl (C=O) groups excluding carboxylic acids is 2. The van der Waals surface area contributed by atoms with Crippen LogP contribution in [0.5, 0.6) is 0 Å². The summed E-state index contributed by atoms with van der Waals surface area (Å²) in [5, 5.41) is 5.20. The van der Waals surface area contributed by atoms with E-state index in [2.05, 4.69) is 22.5 Å². The maximum absolute atomic E-state index is 11.9. The number of anilines is 1. The molecule has 0 aliphatic rings. The van der Waals surface area contributed by atoms with Crippen molar-refractivity contribution in [2.24, 2.45) is 0 Å². The Kier molecular flexibility index (Phi) is 6.95. The first kappa shape index (κ1) is 17.7. The Morgan fingerprint density at radius 2 is 1.62 bits per heavy atom. The Morgan fingerprint density at radius 3 is 2.29 bits per heavy atom. The standard InChI is InChI=1S/C19H23N3O2/c1-2-3-4-5-15-6-8-17(9-7-15)22-19(24)18(23)21-14-16-10-12-20-13-11-16/h6-13H,2-5,14H2,1H3,(H,21,23)(H,22,24). The maximum Gasteiger partial charge on any atom is 0.313 e. The summed E-state index contributed by atoms with van der Waals surface area (Å²) in [5.41, 5.74) is 2.75. The van der Waals surface area contributed by atoms with Gasteiger partial charge in [0.1, 0.15) is 0 Å². The van der Waals surface area contributed by atoms with Gasteiger partial charge in [-0.1, -0.05) is 31.9 Å². The van der Waals surface area contributed by atoms with Crippen molar-refractivity contribution >= 4 is 17.5 Å². The smallest absolute Gasteiger partial charge is 0.313 e. The van der Waals surface area contributed by atoms with Gasteiger partial charge in [0.25, 0.3) is 0 Å². The molecule has 0 unspecified atom stereocenters. The Hall–Kier alpha value is -2.69. The van der Waals surface area contributed by atoms with Crippen LogP contribution in [0.3, 0.4) is 0 Å². The van der Waals surface area contributed by atoms with Gasteiger partial charge in [-0.05, 0) is 48.2 Å². The number of aromatic nitrogens is 1. The molecule has 0 fully saturated rings. The van der Waals surface area contributed by atoms with E-state index in [-0.39, 0.29) is 0 Å². The lowest BCUT2D eigenvalue weighted by atomic mass is 10.1. The lowest BCUT2D eigenvalue weighted by molar-refractivity contribution is -0.136. The van der Waals surface area contributed by atoms with Gasteiger partial charge >= 0.3 is 11.8 Å². The number of nitrogens with one attached hydrogen (secondary N) is 2. The third-order valence-electron chi connectivity index (χ3n) is 3.69. The quantitative estimate of drug-likeness (QED) is 0.607. The molecule has 2 rings (SSSR count). The van der Waals surface area contributed by atoms with Crippen molar-refractivity contribution < 1.29 is 9.59 Å². The van der Waals surface area contributed by atoms with Crippen LogP contribution < -0.4 is 10.6 Å². The number of unbranched alkanes of at least 4 members (excludes halogenated alkanes) is 2. The molecule has 1 aromatic carbocycles. The minimum absolute atomic E-state index is 0.297. The zero-order valence-electron chi connectivity index (χ0n) is 13.9. The van der Waals surface area contributed by atoms with Crippen molar-refractivity contribution in [2.75, 3.05) is 5.32 Å². The van der Waals surface area contributed by atoms with E-state index in [1.54, 1.807) is 24.5 Å². The van der Waals surface area contributed by atoms with Crippen LogP contribution in [0.25, 0.3) is 0 Å². The molecule has 0 spiro atoms. The van der Waals surface area contributed by atoms with Crippen molar-refractivity contribution in [3.8, 4) is 0 Å². The predicted octanol–water partition coefficient (Wildman–Crippen LogP) is 3.07. The highest BCUT2D eigenvalue weighted by atomic mass is 16.2. The lowest BCUT2D eigenvalue weighted by Crippen LogP contribution is -2.34. The van der Waals surface area contributed by atoms with Gasteiger partial charge < -0.3 is 10.6 Å². The van der Waals surface area contributed by atoms with Gasteiger partial charge in [0.15, 0.2) is 0 Å². The molecule has 0 saturated carbocycles. The molecule has 1 aromatic heterocycles. The van der Waals surface area contributed by atoms with Crippen molar-refractivity contribution in [1.29, 1.82) is 0 Å². The SMILES string of the molecule is CCCCCc1ccc(NC(=O)C(=O)NCc2ccncc2)cc1. The molecule has 1 heterocycles. The number of hydrogen-bond acceptors (Lipinski definition) is 3. The molecule has 0 aliphatic carbocycles. The van der Waals surface area contributed by atoms with Gasteiger partial charge in [0.05, 0.1) is 0 Å². The van der Waals surface area contributed by atoms with E-state index in [0.717, 1.165) is 12.0 Å². The predicted molar refractivity (Wildman–Crippen MR) is 94.4 cm³/mol. The Balaban J connectivity index is 1.79. The highest BCUT2D eigenvalue weighted by molar-refractivity contribution is 6.39. The highest BCUT2D eigenvalue weighted by Gasteiger charge is 2.13. The Bertz CT molecular complexity index is 654. The second-order valence-electron chi connectivity index (χ2n) is 5.65. The monoisotopic (exact) mass is 325 g/mol. The van der Waals surface area contributed by atoms with Crippen LogP contribution in [0.1, 0.15) is 37.3 Å². The van der Waals surface area contributed by atoms with Crippen LogP contribution in [0.4, 0.5) is 5.69 Å². The van der Waals surface area contributed by atoms with Crippen LogP contribution in [-0.2, 0) is 22.6 Å². The molecule has 2 aromatic rings. The van der Waals surface area contributed by atoms with E-state index in [4.69, 9.17) is 0 Å². The van der Waals surface area contributed by atoms with E-state index < -0.39 is 11.8 Å². The molecule has 0 radical (unpaired) electrons. The van der Waals surface area contributed by atoms with Crippen LogP contribution in [0.2, 0.25) is 0 Å². The molecule has 2 amide bonds. The van der Waals surface area contributed by atoms with Crippen molar-refractivity contribution in [3.05, 3.63) is 59.9 Å². The number of benzene rings is 1. The third-order valence-corrected chi connectivity index (χ3v) is 3.69. The van der Waals surface area contributed by atoms with Crippen LogP contribution in [0, 0.1) is 0 Å². The molecular weight excluding hydrogens is 302 g/mol. The Labute approximate surface area is 142 Å². The summed E-state index contributed by atoms with van der Waals surface area (Å²) in [6.07, 6.45) is 7.90. The molecule has 2 N–H and O–H groups in total. The van der Waals surface area contributed by atoms with Gasteiger partial charge in [-0.25, -0.2) is 0 Å². The second-order valence-corrected chi connectivity index (χ2v) is 5.65. The van der Waals surface area contributed by atoms with Crippen LogP contribution >= 0.6 is 0 Å². The number of amides is 2. The summed E-state index contributed by atoms with van der Waals surface area (Å²) >= 11 is 0. The number of carbonyl (C=O) groups is 2. The minimum Gasteiger partial charge on any atom is -0.344 e. The largest absolute Gasteiger partial charge is 0.344 e. The summed E-state index contributed by atoms with van der Waals surface area (Å²) in [7, 11) is 0. The molecule has 0 atom stereocenters. The first-order valence-electron chi connectivity index (χ1n) is 8.26. The van der Waals surface area contributed by atoms with Crippen LogP contribution in [-0.4, -0.2) is 16.8 Å². The molecule has 5 nitrogen and oxygen atoms in total. The summed E-state index contributed by atoms with van der Waals surface area (Å²) in [6, 6.07) is 11.2. The summed E-state index contributed by atoms with van der Waals surface area (Å²) < 4.78 is 0. The lowest BCUT2D eigenvalue weighted by Gasteiger charge is -2.07. The molecule has 5 heteroatoms. The first-order valence-corrected chi connectivity index (χ1v) is 8.26. The fourth-order valence-electron chi connectivity index (χ4n) is 2.28. The summed E-state index contributed by atoms with van der Waals surface area (Å²) in [5.74, 6) is -1.32. The van der Waals surface area contributed by atoms with E-state index >= 15 is 0 Å². The zero-order chi connectivity index (χ0) is 17.2. The number of rotatable bonds is 7. The molecular formula is C19H23N3O2. The van der Waals surface area contributed by atoms with Crippen molar-refractivity contribution in [2.45, 2.75) is 39.2 Å². The van der Waals surface area contributed by atoms with Gasteiger partial charge in [-0.15, -0.1) is 0 Å². The first-order chi connectivity index (χ1) is 11.7. The second kappa shape index (κ2) is 9.45. The number of nitrogens with zero attached hydrogens (tertiary/aromatic N) is 1. The highest BCUT2D eigenvalue weighted by Crippen LogP contribution is 2.12. The van der Waals surface area contributed by atoms with E-state index in [1.807, 2.05) is 24.3 Å². The fraction of sp³-hybridized carbons (Fsp3) is 0.316. The Morgan fingerprint density at radius 1 is 0.917 bits per heavy atom.